The molecule has 0 atom stereocenters. The molecule has 2 aromatic carbocycles. The van der Waals surface area contributed by atoms with Crippen molar-refractivity contribution in [1.29, 1.82) is 0 Å². The van der Waals surface area contributed by atoms with Gasteiger partial charge in [-0.05, 0) is 58.2 Å². The van der Waals surface area contributed by atoms with Gasteiger partial charge in [0.25, 0.3) is 0 Å². The number of halogens is 1. The van der Waals surface area contributed by atoms with Gasteiger partial charge in [0.15, 0.2) is 0 Å². The molecule has 0 radical (unpaired) electrons. The minimum Gasteiger partial charge on any atom is -0.340 e. The summed E-state index contributed by atoms with van der Waals surface area (Å²) in [4.78, 5) is 2.40. The van der Waals surface area contributed by atoms with Crippen molar-refractivity contribution in [3.05, 3.63) is 58.1 Å². The molecule has 0 bridgehead atoms. The third-order valence-corrected chi connectivity index (χ3v) is 4.40. The van der Waals surface area contributed by atoms with Crippen LogP contribution in [0.15, 0.2) is 46.9 Å². The van der Waals surface area contributed by atoms with E-state index in [1.54, 1.807) is 0 Å². The molecular formula is C17H19BrN2. The van der Waals surface area contributed by atoms with Crippen molar-refractivity contribution in [2.45, 2.75) is 19.9 Å². The highest BCUT2D eigenvalue weighted by molar-refractivity contribution is 9.10. The van der Waals surface area contributed by atoms with Crippen LogP contribution in [0.25, 0.3) is 0 Å². The van der Waals surface area contributed by atoms with Crippen LogP contribution in [0.1, 0.15) is 18.1 Å². The van der Waals surface area contributed by atoms with Crippen LogP contribution < -0.4 is 10.2 Å². The molecule has 2 nitrogen and oxygen atoms in total. The zero-order chi connectivity index (χ0) is 13.9. The minimum absolute atomic E-state index is 0.923. The highest BCUT2D eigenvalue weighted by Gasteiger charge is 2.21. The van der Waals surface area contributed by atoms with Crippen molar-refractivity contribution in [2.24, 2.45) is 0 Å². The van der Waals surface area contributed by atoms with Gasteiger partial charge in [-0.15, -0.1) is 0 Å². The van der Waals surface area contributed by atoms with Gasteiger partial charge in [0.1, 0.15) is 0 Å². The maximum atomic E-state index is 3.73. The lowest BCUT2D eigenvalue weighted by Gasteiger charge is -2.21. The second-order valence-electron chi connectivity index (χ2n) is 5.10. The predicted octanol–water partition coefficient (Wildman–Crippen LogP) is 4.25. The van der Waals surface area contributed by atoms with E-state index in [0.29, 0.717) is 0 Å². The lowest BCUT2D eigenvalue weighted by atomic mass is 10.1. The van der Waals surface area contributed by atoms with Crippen LogP contribution >= 0.6 is 15.9 Å². The van der Waals surface area contributed by atoms with E-state index in [1.807, 2.05) is 0 Å². The van der Waals surface area contributed by atoms with E-state index >= 15 is 0 Å². The molecule has 3 rings (SSSR count). The van der Waals surface area contributed by atoms with E-state index in [4.69, 9.17) is 0 Å². The molecule has 0 unspecified atom stereocenters. The SMILES string of the molecule is CCNCc1ccc(N2CCc3ccccc32)c(Br)c1. The van der Waals surface area contributed by atoms with Crippen LogP contribution in [0, 0.1) is 0 Å². The molecule has 104 valence electrons. The van der Waals surface area contributed by atoms with Gasteiger partial charge in [-0.3, -0.25) is 0 Å². The predicted molar refractivity (Wildman–Crippen MR) is 88.7 cm³/mol. The van der Waals surface area contributed by atoms with Crippen LogP contribution in [-0.4, -0.2) is 13.1 Å². The molecule has 0 aliphatic carbocycles. The fourth-order valence-electron chi connectivity index (χ4n) is 2.74. The van der Waals surface area contributed by atoms with E-state index in [0.717, 1.165) is 26.1 Å². The molecule has 1 aliphatic rings. The Morgan fingerprint density at radius 2 is 2.00 bits per heavy atom. The van der Waals surface area contributed by atoms with Crippen molar-refractivity contribution in [3.63, 3.8) is 0 Å². The molecule has 0 aromatic heterocycles. The van der Waals surface area contributed by atoms with Gasteiger partial charge in [0, 0.05) is 23.2 Å². The number of hydrogen-bond donors (Lipinski definition) is 1. The number of fused-ring (bicyclic) bond motifs is 1. The minimum atomic E-state index is 0.923. The first-order valence-corrected chi connectivity index (χ1v) is 7.93. The maximum absolute atomic E-state index is 3.73. The molecule has 0 fully saturated rings. The number of anilines is 2. The van der Waals surface area contributed by atoms with Gasteiger partial charge in [0.2, 0.25) is 0 Å². The van der Waals surface area contributed by atoms with Gasteiger partial charge in [-0.25, -0.2) is 0 Å². The molecule has 1 aliphatic heterocycles. The van der Waals surface area contributed by atoms with Crippen molar-refractivity contribution in [3.8, 4) is 0 Å². The third kappa shape index (κ3) is 2.60. The normalized spacial score (nSPS) is 13.6. The Kier molecular flexibility index (Phi) is 4.08. The van der Waals surface area contributed by atoms with E-state index in [2.05, 4.69) is 75.5 Å². The summed E-state index contributed by atoms with van der Waals surface area (Å²) in [6.07, 6.45) is 1.13. The van der Waals surface area contributed by atoms with Crippen LogP contribution in [0.3, 0.4) is 0 Å². The first kappa shape index (κ1) is 13.7. The summed E-state index contributed by atoms with van der Waals surface area (Å²) in [6, 6.07) is 15.3. The van der Waals surface area contributed by atoms with Crippen LogP contribution in [0.2, 0.25) is 0 Å². The van der Waals surface area contributed by atoms with Gasteiger partial charge < -0.3 is 10.2 Å². The molecule has 1 heterocycles. The molecule has 20 heavy (non-hydrogen) atoms. The van der Waals surface area contributed by atoms with Crippen LogP contribution in [0.4, 0.5) is 11.4 Å². The molecule has 0 spiro atoms. The number of nitrogens with zero attached hydrogens (tertiary/aromatic N) is 1. The molecule has 0 amide bonds. The van der Waals surface area contributed by atoms with Crippen LogP contribution in [-0.2, 0) is 13.0 Å². The lowest BCUT2D eigenvalue weighted by molar-refractivity contribution is 0.726. The van der Waals surface area contributed by atoms with Crippen LogP contribution in [0.5, 0.6) is 0 Å². The van der Waals surface area contributed by atoms with E-state index in [1.165, 1.54) is 27.0 Å². The fourth-order valence-corrected chi connectivity index (χ4v) is 3.38. The van der Waals surface area contributed by atoms with Crippen molar-refractivity contribution >= 4 is 27.3 Å². The fraction of sp³-hybridized carbons (Fsp3) is 0.294. The Hall–Kier alpha value is -1.32. The second kappa shape index (κ2) is 5.98. The number of benzene rings is 2. The molecule has 1 N–H and O–H groups in total. The molecule has 0 saturated carbocycles. The molecule has 0 saturated heterocycles. The monoisotopic (exact) mass is 330 g/mol. The topological polar surface area (TPSA) is 15.3 Å². The Morgan fingerprint density at radius 3 is 2.80 bits per heavy atom. The van der Waals surface area contributed by atoms with E-state index in [9.17, 15) is 0 Å². The molecule has 3 heteroatoms. The zero-order valence-corrected chi connectivity index (χ0v) is 13.3. The smallest absolute Gasteiger partial charge is 0.0555 e. The van der Waals surface area contributed by atoms with E-state index < -0.39 is 0 Å². The Morgan fingerprint density at radius 1 is 1.15 bits per heavy atom. The van der Waals surface area contributed by atoms with Crippen molar-refractivity contribution in [2.75, 3.05) is 18.0 Å². The number of hydrogen-bond acceptors (Lipinski definition) is 2. The lowest BCUT2D eigenvalue weighted by Crippen LogP contribution is -2.15. The summed E-state index contributed by atoms with van der Waals surface area (Å²) in [7, 11) is 0. The second-order valence-corrected chi connectivity index (χ2v) is 5.95. The third-order valence-electron chi connectivity index (χ3n) is 3.77. The Balaban J connectivity index is 1.88. The van der Waals surface area contributed by atoms with Crippen molar-refractivity contribution < 1.29 is 0 Å². The van der Waals surface area contributed by atoms with Gasteiger partial charge >= 0.3 is 0 Å². The van der Waals surface area contributed by atoms with Gasteiger partial charge in [-0.2, -0.15) is 0 Å². The van der Waals surface area contributed by atoms with Crippen molar-refractivity contribution in [1.82, 2.24) is 5.32 Å². The summed E-state index contributed by atoms with van der Waals surface area (Å²) < 4.78 is 1.17. The van der Waals surface area contributed by atoms with Gasteiger partial charge in [-0.1, -0.05) is 31.2 Å². The zero-order valence-electron chi connectivity index (χ0n) is 11.7. The standard InChI is InChI=1S/C17H19BrN2/c1-2-19-12-13-7-8-17(15(18)11-13)20-10-9-14-5-3-4-6-16(14)20/h3-8,11,19H,2,9-10,12H2,1H3. The number of nitrogens with one attached hydrogen (secondary N) is 1. The first-order valence-electron chi connectivity index (χ1n) is 7.14. The average molecular weight is 331 g/mol. The molecule has 2 aromatic rings. The molecular weight excluding hydrogens is 312 g/mol. The van der Waals surface area contributed by atoms with Gasteiger partial charge in [0.05, 0.1) is 5.69 Å². The highest BCUT2D eigenvalue weighted by atomic mass is 79.9. The average Bonchev–Trinajstić information content (AvgIpc) is 2.89. The van der Waals surface area contributed by atoms with E-state index in [-0.39, 0.29) is 0 Å². The summed E-state index contributed by atoms with van der Waals surface area (Å²) in [5.74, 6) is 0. The summed E-state index contributed by atoms with van der Waals surface area (Å²) in [5, 5.41) is 3.36. The summed E-state index contributed by atoms with van der Waals surface area (Å²) in [6.45, 7) is 5.11. The highest BCUT2D eigenvalue weighted by Crippen LogP contribution is 2.38. The quantitative estimate of drug-likeness (QED) is 0.901. The Labute approximate surface area is 128 Å². The summed E-state index contributed by atoms with van der Waals surface area (Å²) >= 11 is 3.73. The maximum Gasteiger partial charge on any atom is 0.0555 e. The number of para-hydroxylation sites is 1. The largest absolute Gasteiger partial charge is 0.340 e. The number of rotatable bonds is 4. The first-order chi connectivity index (χ1) is 9.79. The Bertz CT molecular complexity index is 610. The summed E-state index contributed by atoms with van der Waals surface area (Å²) in [5.41, 5.74) is 5.36.